The first-order valence-electron chi connectivity index (χ1n) is 14.7. The van der Waals surface area contributed by atoms with E-state index in [4.69, 9.17) is 18.8 Å². The Kier molecular flexibility index (Phi) is 5.50. The number of fused-ring (bicyclic) bond motifs is 6. The lowest BCUT2D eigenvalue weighted by Gasteiger charge is -2.24. The minimum Gasteiger partial charge on any atom is -0.456 e. The van der Waals surface area contributed by atoms with Gasteiger partial charge in [0.15, 0.2) is 5.84 Å². The molecule has 6 aromatic carbocycles. The molecule has 8 aromatic rings. The van der Waals surface area contributed by atoms with Crippen molar-refractivity contribution < 1.29 is 8.83 Å². The smallest absolute Gasteiger partial charge is 0.159 e. The standard InChI is InChI=1S/C39H25N3O2/c1-3-11-24(12-4-1)37-40-38(25-13-5-2-6-14-25)42-39(41-37)27-22-30(36-29-16-8-10-18-33(29)44-35(36)23-27)26-19-20-34-31(21-26)28-15-7-9-17-32(28)43-34/h1-23,37H,(H,40,41,42). The van der Waals surface area contributed by atoms with Crippen molar-refractivity contribution in [3.63, 3.8) is 0 Å². The van der Waals surface area contributed by atoms with Crippen molar-refractivity contribution >= 4 is 55.5 Å². The van der Waals surface area contributed by atoms with Crippen LogP contribution in [0.4, 0.5) is 0 Å². The zero-order chi connectivity index (χ0) is 29.0. The predicted octanol–water partition coefficient (Wildman–Crippen LogP) is 9.65. The molecule has 1 atom stereocenters. The van der Waals surface area contributed by atoms with Crippen molar-refractivity contribution in [2.75, 3.05) is 0 Å². The van der Waals surface area contributed by atoms with E-state index in [0.29, 0.717) is 5.84 Å². The summed E-state index contributed by atoms with van der Waals surface area (Å²) in [4.78, 5) is 10.1. The first kappa shape index (κ1) is 24.6. The maximum absolute atomic E-state index is 6.48. The van der Waals surface area contributed by atoms with Crippen LogP contribution in [0.3, 0.4) is 0 Å². The number of nitrogens with one attached hydrogen (secondary N) is 1. The van der Waals surface area contributed by atoms with Crippen LogP contribution in [0.25, 0.3) is 55.0 Å². The third kappa shape index (κ3) is 4.02. The number of benzene rings is 6. The van der Waals surface area contributed by atoms with Crippen molar-refractivity contribution in [2.24, 2.45) is 9.98 Å². The number of hydrogen-bond donors (Lipinski definition) is 1. The number of nitrogens with zero attached hydrogens (tertiary/aromatic N) is 2. The molecule has 0 aliphatic carbocycles. The number of furan rings is 2. The van der Waals surface area contributed by atoms with E-state index < -0.39 is 0 Å². The number of hydrogen-bond acceptors (Lipinski definition) is 5. The second kappa shape index (κ2) is 9.82. The van der Waals surface area contributed by atoms with Gasteiger partial charge >= 0.3 is 0 Å². The molecule has 0 radical (unpaired) electrons. The Morgan fingerprint density at radius 1 is 0.500 bits per heavy atom. The van der Waals surface area contributed by atoms with E-state index in [0.717, 1.165) is 77.5 Å². The van der Waals surface area contributed by atoms with Crippen LogP contribution in [0.2, 0.25) is 0 Å². The number of rotatable bonds is 4. The molecule has 0 saturated heterocycles. The molecule has 1 N–H and O–H groups in total. The Morgan fingerprint density at radius 3 is 1.98 bits per heavy atom. The first-order chi connectivity index (χ1) is 21.8. The summed E-state index contributed by atoms with van der Waals surface area (Å²) in [6.07, 6.45) is -0.289. The average Bonchev–Trinajstić information content (AvgIpc) is 3.66. The third-order valence-corrected chi connectivity index (χ3v) is 8.33. The van der Waals surface area contributed by atoms with Crippen LogP contribution in [0.1, 0.15) is 22.9 Å². The minimum absolute atomic E-state index is 0.289. The summed E-state index contributed by atoms with van der Waals surface area (Å²) in [7, 11) is 0. The lowest BCUT2D eigenvalue weighted by atomic mass is 9.95. The fraction of sp³-hybridized carbons (Fsp3) is 0.0256. The first-order valence-corrected chi connectivity index (χ1v) is 14.7. The van der Waals surface area contributed by atoms with E-state index in [1.54, 1.807) is 0 Å². The van der Waals surface area contributed by atoms with Gasteiger partial charge in [-0.1, -0.05) is 103 Å². The van der Waals surface area contributed by atoms with Gasteiger partial charge in [0, 0.05) is 32.7 Å². The number of amidine groups is 2. The summed E-state index contributed by atoms with van der Waals surface area (Å²) in [5, 5.41) is 7.95. The molecular weight excluding hydrogens is 542 g/mol. The SMILES string of the molecule is c1ccc(C2=NC(c3ccccc3)NC(c3cc(-c4ccc5oc6ccccc6c5c4)c4c(c3)oc3ccccc34)=N2)cc1. The molecule has 0 spiro atoms. The average molecular weight is 568 g/mol. The zero-order valence-electron chi connectivity index (χ0n) is 23.6. The monoisotopic (exact) mass is 567 g/mol. The topological polar surface area (TPSA) is 63.0 Å². The summed E-state index contributed by atoms with van der Waals surface area (Å²) >= 11 is 0. The Bertz CT molecular complexity index is 2420. The molecule has 0 saturated carbocycles. The minimum atomic E-state index is -0.289. The van der Waals surface area contributed by atoms with E-state index in [-0.39, 0.29) is 6.17 Å². The normalized spacial score (nSPS) is 15.0. The summed E-state index contributed by atoms with van der Waals surface area (Å²) in [5.74, 6) is 1.43. The van der Waals surface area contributed by atoms with Gasteiger partial charge in [0.2, 0.25) is 0 Å². The van der Waals surface area contributed by atoms with Crippen molar-refractivity contribution in [3.05, 3.63) is 156 Å². The van der Waals surface area contributed by atoms with Crippen molar-refractivity contribution in [1.82, 2.24) is 5.32 Å². The van der Waals surface area contributed by atoms with Crippen molar-refractivity contribution in [3.8, 4) is 11.1 Å². The molecule has 3 heterocycles. The zero-order valence-corrected chi connectivity index (χ0v) is 23.6. The highest BCUT2D eigenvalue weighted by Gasteiger charge is 2.23. The van der Waals surface area contributed by atoms with Crippen LogP contribution in [0.15, 0.2) is 158 Å². The number of para-hydroxylation sites is 2. The highest BCUT2D eigenvalue weighted by Crippen LogP contribution is 2.40. The van der Waals surface area contributed by atoms with Crippen LogP contribution in [0.5, 0.6) is 0 Å². The molecule has 44 heavy (non-hydrogen) atoms. The molecular formula is C39H25N3O2. The van der Waals surface area contributed by atoms with E-state index in [1.165, 1.54) is 0 Å². The fourth-order valence-corrected chi connectivity index (χ4v) is 6.23. The van der Waals surface area contributed by atoms with E-state index in [1.807, 2.05) is 78.9 Å². The van der Waals surface area contributed by atoms with Gasteiger partial charge in [0.1, 0.15) is 34.3 Å². The van der Waals surface area contributed by atoms with Crippen molar-refractivity contribution in [1.29, 1.82) is 0 Å². The molecule has 208 valence electrons. The third-order valence-electron chi connectivity index (χ3n) is 8.33. The maximum Gasteiger partial charge on any atom is 0.159 e. The van der Waals surface area contributed by atoms with Gasteiger partial charge < -0.3 is 14.2 Å². The van der Waals surface area contributed by atoms with Gasteiger partial charge in [0.05, 0.1) is 0 Å². The van der Waals surface area contributed by atoms with Gasteiger partial charge in [-0.2, -0.15) is 0 Å². The Morgan fingerprint density at radius 2 is 1.16 bits per heavy atom. The van der Waals surface area contributed by atoms with Crippen LogP contribution in [0, 0.1) is 0 Å². The highest BCUT2D eigenvalue weighted by atomic mass is 16.3. The fourth-order valence-electron chi connectivity index (χ4n) is 6.23. The van der Waals surface area contributed by atoms with Gasteiger partial charge in [-0.15, -0.1) is 0 Å². The summed E-state index contributed by atoms with van der Waals surface area (Å²) in [6.45, 7) is 0. The molecule has 9 rings (SSSR count). The molecule has 5 nitrogen and oxygen atoms in total. The lowest BCUT2D eigenvalue weighted by Crippen LogP contribution is -2.33. The van der Waals surface area contributed by atoms with Crippen LogP contribution in [-0.4, -0.2) is 11.7 Å². The van der Waals surface area contributed by atoms with Gasteiger partial charge in [-0.3, -0.25) is 0 Å². The van der Waals surface area contributed by atoms with E-state index in [9.17, 15) is 0 Å². The largest absolute Gasteiger partial charge is 0.456 e. The van der Waals surface area contributed by atoms with Crippen molar-refractivity contribution in [2.45, 2.75) is 6.17 Å². The molecule has 1 unspecified atom stereocenters. The second-order valence-corrected chi connectivity index (χ2v) is 11.0. The second-order valence-electron chi connectivity index (χ2n) is 11.0. The van der Waals surface area contributed by atoms with E-state index >= 15 is 0 Å². The summed E-state index contributed by atoms with van der Waals surface area (Å²) in [6, 6.07) is 47.5. The quantitative estimate of drug-likeness (QED) is 0.230. The van der Waals surface area contributed by atoms with Gasteiger partial charge in [-0.05, 0) is 53.1 Å². The molecule has 2 aromatic heterocycles. The molecule has 5 heteroatoms. The Labute approximate surface area is 252 Å². The highest BCUT2D eigenvalue weighted by molar-refractivity contribution is 6.18. The molecule has 0 bridgehead atoms. The number of aliphatic imine (C=N–C) groups is 2. The summed E-state index contributed by atoms with van der Waals surface area (Å²) in [5.41, 5.74) is 8.51. The lowest BCUT2D eigenvalue weighted by molar-refractivity contribution is 0.666. The summed E-state index contributed by atoms with van der Waals surface area (Å²) < 4.78 is 12.6. The molecule has 0 fully saturated rings. The Hall–Kier alpha value is -5.94. The van der Waals surface area contributed by atoms with Gasteiger partial charge in [-0.25, -0.2) is 9.98 Å². The van der Waals surface area contributed by atoms with Crippen LogP contribution in [-0.2, 0) is 0 Å². The van der Waals surface area contributed by atoms with Crippen LogP contribution < -0.4 is 5.32 Å². The maximum atomic E-state index is 6.48. The van der Waals surface area contributed by atoms with Gasteiger partial charge in [0.25, 0.3) is 0 Å². The molecule has 0 amide bonds. The molecule has 1 aliphatic heterocycles. The predicted molar refractivity (Wildman–Crippen MR) is 178 cm³/mol. The molecule has 1 aliphatic rings. The van der Waals surface area contributed by atoms with E-state index in [2.05, 4.69) is 66.0 Å². The Balaban J connectivity index is 1.28. The van der Waals surface area contributed by atoms with Crippen LogP contribution >= 0.6 is 0 Å².